The largest absolute Gasteiger partial charge is 0.310 e. The Labute approximate surface area is 137 Å². The van der Waals surface area contributed by atoms with Gasteiger partial charge in [-0.2, -0.15) is 5.26 Å². The molecule has 0 N–H and O–H groups in total. The fourth-order valence-corrected chi connectivity index (χ4v) is 3.12. The normalized spacial score (nSPS) is 15.0. The number of nitriles is 1. The van der Waals surface area contributed by atoms with E-state index in [-0.39, 0.29) is 0 Å². The molecular formula is C19H22N4. The Hall–Kier alpha value is -2.41. The maximum atomic E-state index is 9.65. The van der Waals surface area contributed by atoms with Gasteiger partial charge in [0.2, 0.25) is 0 Å². The summed E-state index contributed by atoms with van der Waals surface area (Å²) in [6, 6.07) is 6.63. The van der Waals surface area contributed by atoms with Crippen LogP contribution in [0.4, 0.5) is 0 Å². The molecule has 23 heavy (non-hydrogen) atoms. The third-order valence-electron chi connectivity index (χ3n) is 4.65. The van der Waals surface area contributed by atoms with Gasteiger partial charge in [-0.15, -0.1) is 10.2 Å². The molecule has 0 saturated carbocycles. The molecule has 1 aliphatic rings. The van der Waals surface area contributed by atoms with Gasteiger partial charge in [0.1, 0.15) is 11.9 Å². The van der Waals surface area contributed by atoms with E-state index in [0.29, 0.717) is 11.4 Å². The van der Waals surface area contributed by atoms with Gasteiger partial charge >= 0.3 is 0 Å². The minimum Gasteiger partial charge on any atom is -0.310 e. The van der Waals surface area contributed by atoms with Crippen molar-refractivity contribution in [2.75, 3.05) is 0 Å². The number of aromatic nitrogens is 3. The summed E-state index contributed by atoms with van der Waals surface area (Å²) < 4.78 is 2.12. The molecule has 0 spiro atoms. The van der Waals surface area contributed by atoms with Crippen LogP contribution in [0.3, 0.4) is 0 Å². The third-order valence-corrected chi connectivity index (χ3v) is 4.65. The average Bonchev–Trinajstić information content (AvgIpc) is 2.78. The second-order valence-electron chi connectivity index (χ2n) is 6.37. The second kappa shape index (κ2) is 6.37. The number of benzene rings is 1. The zero-order valence-electron chi connectivity index (χ0n) is 14.1. The Bertz CT molecular complexity index is 806. The van der Waals surface area contributed by atoms with Crippen LogP contribution in [0.15, 0.2) is 12.1 Å². The number of hydrogen-bond acceptors (Lipinski definition) is 3. The van der Waals surface area contributed by atoms with Crippen LogP contribution >= 0.6 is 0 Å². The van der Waals surface area contributed by atoms with E-state index in [1.165, 1.54) is 23.1 Å². The number of hydrogen-bond donors (Lipinski definition) is 0. The van der Waals surface area contributed by atoms with Gasteiger partial charge in [-0.25, -0.2) is 0 Å². The SMILES string of the molecule is Cc1cc(C)c(C=C(C#N)c2nnc3n2CCCCC3)cc1C. The summed E-state index contributed by atoms with van der Waals surface area (Å²) in [4.78, 5) is 0. The van der Waals surface area contributed by atoms with Crippen molar-refractivity contribution in [1.82, 2.24) is 14.8 Å². The molecule has 0 fully saturated rings. The molecule has 0 aliphatic carbocycles. The average molecular weight is 306 g/mol. The van der Waals surface area contributed by atoms with E-state index in [4.69, 9.17) is 0 Å². The summed E-state index contributed by atoms with van der Waals surface area (Å²) in [5.74, 6) is 1.72. The molecule has 0 saturated heterocycles. The molecule has 0 radical (unpaired) electrons. The van der Waals surface area contributed by atoms with E-state index in [1.54, 1.807) is 0 Å². The lowest BCUT2D eigenvalue weighted by atomic mass is 9.99. The standard InChI is InChI=1S/C19H22N4/c1-13-9-15(3)16(10-14(13)2)11-17(12-20)19-22-21-18-7-5-4-6-8-23(18)19/h9-11H,4-8H2,1-3H3. The lowest BCUT2D eigenvalue weighted by Gasteiger charge is -2.08. The fraction of sp³-hybridized carbons (Fsp3) is 0.421. The van der Waals surface area contributed by atoms with Crippen LogP contribution in [0.1, 0.15) is 53.2 Å². The number of fused-ring (bicyclic) bond motifs is 1. The molecule has 0 bridgehead atoms. The van der Waals surface area contributed by atoms with Gasteiger partial charge in [0.25, 0.3) is 0 Å². The van der Waals surface area contributed by atoms with Gasteiger partial charge in [0, 0.05) is 13.0 Å². The van der Waals surface area contributed by atoms with Crippen LogP contribution < -0.4 is 0 Å². The van der Waals surface area contributed by atoms with Crippen molar-refractivity contribution in [3.8, 4) is 6.07 Å². The topological polar surface area (TPSA) is 54.5 Å². The van der Waals surface area contributed by atoms with Crippen molar-refractivity contribution in [2.45, 2.75) is 53.0 Å². The van der Waals surface area contributed by atoms with E-state index < -0.39 is 0 Å². The van der Waals surface area contributed by atoms with E-state index >= 15 is 0 Å². The molecule has 4 heteroatoms. The van der Waals surface area contributed by atoms with Crippen molar-refractivity contribution in [3.05, 3.63) is 46.0 Å². The zero-order chi connectivity index (χ0) is 16.4. The lowest BCUT2D eigenvalue weighted by molar-refractivity contribution is 0.627. The molecular weight excluding hydrogens is 284 g/mol. The smallest absolute Gasteiger partial charge is 0.174 e. The Morgan fingerprint density at radius 3 is 2.65 bits per heavy atom. The summed E-state index contributed by atoms with van der Waals surface area (Å²) in [6.07, 6.45) is 6.39. The highest BCUT2D eigenvalue weighted by molar-refractivity contribution is 5.88. The van der Waals surface area contributed by atoms with Crippen molar-refractivity contribution in [3.63, 3.8) is 0 Å². The van der Waals surface area contributed by atoms with Crippen LogP contribution in [0.2, 0.25) is 0 Å². The van der Waals surface area contributed by atoms with Crippen molar-refractivity contribution >= 4 is 11.6 Å². The summed E-state index contributed by atoms with van der Waals surface area (Å²) >= 11 is 0. The second-order valence-corrected chi connectivity index (χ2v) is 6.37. The molecule has 0 atom stereocenters. The molecule has 2 heterocycles. The predicted octanol–water partition coefficient (Wildman–Crippen LogP) is 3.99. The summed E-state index contributed by atoms with van der Waals surface area (Å²) in [5.41, 5.74) is 5.36. The van der Waals surface area contributed by atoms with Gasteiger partial charge in [-0.1, -0.05) is 18.6 Å². The van der Waals surface area contributed by atoms with E-state index in [0.717, 1.165) is 37.2 Å². The first kappa shape index (κ1) is 15.5. The number of rotatable bonds is 2. The van der Waals surface area contributed by atoms with Gasteiger partial charge in [0.15, 0.2) is 5.82 Å². The van der Waals surface area contributed by atoms with E-state index in [9.17, 15) is 5.26 Å². The third kappa shape index (κ3) is 3.05. The van der Waals surface area contributed by atoms with E-state index in [2.05, 4.69) is 53.7 Å². The first-order valence-electron chi connectivity index (χ1n) is 8.22. The highest BCUT2D eigenvalue weighted by atomic mass is 15.3. The fourth-order valence-electron chi connectivity index (χ4n) is 3.12. The molecule has 118 valence electrons. The van der Waals surface area contributed by atoms with Gasteiger partial charge in [-0.05, 0) is 61.9 Å². The van der Waals surface area contributed by atoms with Crippen molar-refractivity contribution in [2.24, 2.45) is 0 Å². The van der Waals surface area contributed by atoms with Gasteiger partial charge in [-0.3, -0.25) is 0 Å². The Kier molecular flexibility index (Phi) is 4.29. The quantitative estimate of drug-likeness (QED) is 0.788. The van der Waals surface area contributed by atoms with Crippen molar-refractivity contribution in [1.29, 1.82) is 5.26 Å². The number of allylic oxidation sites excluding steroid dienone is 1. The molecule has 0 unspecified atom stereocenters. The minimum absolute atomic E-state index is 0.594. The summed E-state index contributed by atoms with van der Waals surface area (Å²) in [6.45, 7) is 7.20. The molecule has 2 aromatic rings. The van der Waals surface area contributed by atoms with E-state index in [1.807, 2.05) is 6.08 Å². The van der Waals surface area contributed by atoms with Gasteiger partial charge in [0.05, 0.1) is 5.57 Å². The molecule has 1 aromatic heterocycles. The van der Waals surface area contributed by atoms with Crippen LogP contribution in [0, 0.1) is 32.1 Å². The Balaban J connectivity index is 2.06. The molecule has 4 nitrogen and oxygen atoms in total. The number of aryl methyl sites for hydroxylation is 4. The monoisotopic (exact) mass is 306 g/mol. The lowest BCUT2D eigenvalue weighted by Crippen LogP contribution is -2.05. The number of nitrogens with zero attached hydrogens (tertiary/aromatic N) is 4. The van der Waals surface area contributed by atoms with Crippen LogP contribution in [0.25, 0.3) is 11.6 Å². The zero-order valence-corrected chi connectivity index (χ0v) is 14.1. The van der Waals surface area contributed by atoms with Crippen LogP contribution in [0.5, 0.6) is 0 Å². The molecule has 1 aromatic carbocycles. The summed E-state index contributed by atoms with van der Waals surface area (Å²) in [7, 11) is 0. The highest BCUT2D eigenvalue weighted by Crippen LogP contribution is 2.24. The van der Waals surface area contributed by atoms with Gasteiger partial charge < -0.3 is 4.57 Å². The Morgan fingerprint density at radius 1 is 1.09 bits per heavy atom. The van der Waals surface area contributed by atoms with Crippen molar-refractivity contribution < 1.29 is 0 Å². The minimum atomic E-state index is 0.594. The molecule has 3 rings (SSSR count). The maximum Gasteiger partial charge on any atom is 0.174 e. The summed E-state index contributed by atoms with van der Waals surface area (Å²) in [5, 5.41) is 18.2. The first-order chi connectivity index (χ1) is 11.1. The predicted molar refractivity (Wildman–Crippen MR) is 91.7 cm³/mol. The van der Waals surface area contributed by atoms with Crippen LogP contribution in [-0.4, -0.2) is 14.8 Å². The first-order valence-corrected chi connectivity index (χ1v) is 8.22. The molecule has 0 amide bonds. The Morgan fingerprint density at radius 2 is 1.87 bits per heavy atom. The highest BCUT2D eigenvalue weighted by Gasteiger charge is 2.17. The van der Waals surface area contributed by atoms with Crippen LogP contribution in [-0.2, 0) is 13.0 Å². The maximum absolute atomic E-state index is 9.65. The molecule has 1 aliphatic heterocycles.